The zero-order valence-electron chi connectivity index (χ0n) is 24.0. The molecule has 0 atom stereocenters. The van der Waals surface area contributed by atoms with E-state index in [2.05, 4.69) is 21.9 Å². The SMILES string of the molecule is CCCCCCCCCCCCCCCc1cc(N)ccc1NS(=O)(=O)c1ccc(N=Nc2ccccc2)cc1. The minimum Gasteiger partial charge on any atom is -0.399 e. The van der Waals surface area contributed by atoms with Crippen LogP contribution in [0.25, 0.3) is 0 Å². The normalized spacial score (nSPS) is 11.7. The Labute approximate surface area is 241 Å². The Balaban J connectivity index is 1.43. The molecule has 216 valence electrons. The number of hydrogen-bond donors (Lipinski definition) is 2. The van der Waals surface area contributed by atoms with Gasteiger partial charge in [-0.25, -0.2) is 8.42 Å². The van der Waals surface area contributed by atoms with Crippen molar-refractivity contribution in [3.8, 4) is 0 Å². The molecule has 3 N–H and O–H groups in total. The average Bonchev–Trinajstić information content (AvgIpc) is 2.96. The predicted octanol–water partition coefficient (Wildman–Crippen LogP) is 10.1. The van der Waals surface area contributed by atoms with Crippen LogP contribution in [0.2, 0.25) is 0 Å². The van der Waals surface area contributed by atoms with Crippen LogP contribution < -0.4 is 10.5 Å². The number of rotatable bonds is 19. The van der Waals surface area contributed by atoms with Crippen molar-refractivity contribution in [3.63, 3.8) is 0 Å². The van der Waals surface area contributed by atoms with Gasteiger partial charge in [0.2, 0.25) is 0 Å². The van der Waals surface area contributed by atoms with Gasteiger partial charge < -0.3 is 5.73 Å². The van der Waals surface area contributed by atoms with Gasteiger partial charge in [-0.05, 0) is 73.0 Å². The summed E-state index contributed by atoms with van der Waals surface area (Å²) in [5.74, 6) is 0. The van der Waals surface area contributed by atoms with Crippen LogP contribution >= 0.6 is 0 Å². The molecule has 6 nitrogen and oxygen atoms in total. The van der Waals surface area contributed by atoms with E-state index in [-0.39, 0.29) is 4.90 Å². The van der Waals surface area contributed by atoms with Crippen LogP contribution in [0.15, 0.2) is 87.9 Å². The number of hydrogen-bond acceptors (Lipinski definition) is 5. The largest absolute Gasteiger partial charge is 0.399 e. The van der Waals surface area contributed by atoms with Gasteiger partial charge >= 0.3 is 0 Å². The quantitative estimate of drug-likeness (QED) is 0.0864. The number of azo groups is 1. The highest BCUT2D eigenvalue weighted by Crippen LogP contribution is 2.26. The van der Waals surface area contributed by atoms with Crippen molar-refractivity contribution in [1.82, 2.24) is 0 Å². The summed E-state index contributed by atoms with van der Waals surface area (Å²) in [6, 6.07) is 21.2. The Kier molecular flexibility index (Phi) is 13.7. The third kappa shape index (κ3) is 11.5. The summed E-state index contributed by atoms with van der Waals surface area (Å²) in [5, 5.41) is 8.37. The van der Waals surface area contributed by atoms with Crippen LogP contribution in [0.4, 0.5) is 22.7 Å². The van der Waals surface area contributed by atoms with Crippen LogP contribution in [-0.4, -0.2) is 8.42 Å². The first-order valence-electron chi connectivity index (χ1n) is 15.0. The fraction of sp³-hybridized carbons (Fsp3) is 0.455. The molecule has 0 heterocycles. The molecule has 0 saturated carbocycles. The number of unbranched alkanes of at least 4 members (excludes halogenated alkanes) is 12. The van der Waals surface area contributed by atoms with E-state index in [4.69, 9.17) is 5.73 Å². The van der Waals surface area contributed by atoms with Gasteiger partial charge in [-0.2, -0.15) is 10.2 Å². The van der Waals surface area contributed by atoms with Crippen molar-refractivity contribution < 1.29 is 8.42 Å². The molecule has 0 aliphatic carbocycles. The summed E-state index contributed by atoms with van der Waals surface area (Å²) in [6.07, 6.45) is 17.7. The Morgan fingerprint density at radius 3 is 1.75 bits per heavy atom. The van der Waals surface area contributed by atoms with Gasteiger partial charge in [-0.15, -0.1) is 0 Å². The Morgan fingerprint density at radius 2 is 1.18 bits per heavy atom. The van der Waals surface area contributed by atoms with Gasteiger partial charge in [-0.1, -0.05) is 102 Å². The third-order valence-electron chi connectivity index (χ3n) is 7.11. The van der Waals surface area contributed by atoms with E-state index in [1.807, 2.05) is 36.4 Å². The Morgan fingerprint density at radius 1 is 0.650 bits per heavy atom. The molecule has 0 unspecified atom stereocenters. The first-order valence-corrected chi connectivity index (χ1v) is 16.4. The van der Waals surface area contributed by atoms with E-state index in [0.717, 1.165) is 30.5 Å². The molecule has 3 rings (SSSR count). The summed E-state index contributed by atoms with van der Waals surface area (Å²) in [5.41, 5.74) is 9.51. The van der Waals surface area contributed by atoms with Gasteiger partial charge in [-0.3, -0.25) is 4.72 Å². The number of aryl methyl sites for hydroxylation is 1. The maximum absolute atomic E-state index is 13.1. The lowest BCUT2D eigenvalue weighted by Gasteiger charge is -2.14. The molecule has 0 radical (unpaired) electrons. The first-order chi connectivity index (χ1) is 19.5. The van der Waals surface area contributed by atoms with Crippen LogP contribution in [0, 0.1) is 0 Å². The zero-order chi connectivity index (χ0) is 28.5. The van der Waals surface area contributed by atoms with Gasteiger partial charge in [0.25, 0.3) is 10.0 Å². The average molecular weight is 563 g/mol. The number of nitrogens with one attached hydrogen (secondary N) is 1. The van der Waals surface area contributed by atoms with E-state index < -0.39 is 10.0 Å². The van der Waals surface area contributed by atoms with E-state index in [1.165, 1.54) is 70.6 Å². The zero-order valence-corrected chi connectivity index (χ0v) is 24.8. The summed E-state index contributed by atoms with van der Waals surface area (Å²) >= 11 is 0. The summed E-state index contributed by atoms with van der Waals surface area (Å²) in [6.45, 7) is 2.26. The highest BCUT2D eigenvalue weighted by molar-refractivity contribution is 7.92. The van der Waals surface area contributed by atoms with E-state index in [0.29, 0.717) is 17.1 Å². The summed E-state index contributed by atoms with van der Waals surface area (Å²) < 4.78 is 29.0. The molecule has 0 fully saturated rings. The molecule has 0 saturated heterocycles. The number of anilines is 2. The smallest absolute Gasteiger partial charge is 0.261 e. The maximum Gasteiger partial charge on any atom is 0.261 e. The third-order valence-corrected chi connectivity index (χ3v) is 8.49. The molecule has 0 bridgehead atoms. The number of benzene rings is 3. The lowest BCUT2D eigenvalue weighted by atomic mass is 10.0. The van der Waals surface area contributed by atoms with Gasteiger partial charge in [0, 0.05) is 5.69 Å². The minimum absolute atomic E-state index is 0.176. The van der Waals surface area contributed by atoms with Gasteiger partial charge in [0.15, 0.2) is 0 Å². The molecule has 0 aliphatic rings. The molecule has 40 heavy (non-hydrogen) atoms. The number of nitrogen functional groups attached to an aromatic ring is 1. The van der Waals surface area contributed by atoms with Gasteiger partial charge in [0.05, 0.1) is 22.0 Å². The summed E-state index contributed by atoms with van der Waals surface area (Å²) in [7, 11) is -3.75. The summed E-state index contributed by atoms with van der Waals surface area (Å²) in [4.78, 5) is 0.176. The molecular formula is C33H46N4O2S. The Bertz CT molecular complexity index is 1260. The topological polar surface area (TPSA) is 96.9 Å². The van der Waals surface area contributed by atoms with Crippen molar-refractivity contribution >= 4 is 32.8 Å². The molecule has 3 aromatic rings. The lowest BCUT2D eigenvalue weighted by molar-refractivity contribution is 0.539. The lowest BCUT2D eigenvalue weighted by Crippen LogP contribution is -2.14. The molecule has 0 spiro atoms. The van der Waals surface area contributed by atoms with Crippen molar-refractivity contribution in [2.45, 2.75) is 102 Å². The fourth-order valence-electron chi connectivity index (χ4n) is 4.76. The molecular weight excluding hydrogens is 516 g/mol. The monoisotopic (exact) mass is 562 g/mol. The maximum atomic E-state index is 13.1. The molecule has 0 amide bonds. The standard InChI is InChI=1S/C33H46N4O2S/c1-2-3-4-5-6-7-8-9-10-11-12-13-15-18-28-27-29(34)21-26-33(28)37-40(38,39)32-24-22-31(23-25-32)36-35-30-19-16-14-17-20-30/h14,16-17,19-27,37H,2-13,15,18,34H2,1H3. The Hall–Kier alpha value is -3.19. The van der Waals surface area contributed by atoms with Crippen molar-refractivity contribution in [2.75, 3.05) is 10.5 Å². The fourth-order valence-corrected chi connectivity index (χ4v) is 5.86. The number of sulfonamides is 1. The van der Waals surface area contributed by atoms with Crippen molar-refractivity contribution in [1.29, 1.82) is 0 Å². The van der Waals surface area contributed by atoms with E-state index >= 15 is 0 Å². The van der Waals surface area contributed by atoms with Crippen LogP contribution in [0.3, 0.4) is 0 Å². The highest BCUT2D eigenvalue weighted by Gasteiger charge is 2.16. The minimum atomic E-state index is -3.75. The van der Waals surface area contributed by atoms with Crippen LogP contribution in [0.1, 0.15) is 96.0 Å². The molecule has 3 aromatic carbocycles. The van der Waals surface area contributed by atoms with E-state index in [1.54, 1.807) is 36.4 Å². The van der Waals surface area contributed by atoms with Crippen LogP contribution in [0.5, 0.6) is 0 Å². The van der Waals surface area contributed by atoms with E-state index in [9.17, 15) is 8.42 Å². The highest BCUT2D eigenvalue weighted by atomic mass is 32.2. The number of nitrogens with zero attached hydrogens (tertiary/aromatic N) is 2. The van der Waals surface area contributed by atoms with Gasteiger partial charge in [0.1, 0.15) is 0 Å². The second-order valence-electron chi connectivity index (χ2n) is 10.5. The van der Waals surface area contributed by atoms with Crippen molar-refractivity contribution in [3.05, 3.63) is 78.4 Å². The molecule has 7 heteroatoms. The molecule has 0 aromatic heterocycles. The first kappa shape index (κ1) is 31.3. The molecule has 0 aliphatic heterocycles. The second kappa shape index (κ2) is 17.5. The van der Waals surface area contributed by atoms with Crippen molar-refractivity contribution in [2.24, 2.45) is 10.2 Å². The second-order valence-corrected chi connectivity index (χ2v) is 12.2. The van der Waals surface area contributed by atoms with Crippen LogP contribution in [-0.2, 0) is 16.4 Å². The number of nitrogens with two attached hydrogens (primary N) is 1. The predicted molar refractivity (Wildman–Crippen MR) is 168 cm³/mol.